The Hall–Kier alpha value is -2.73. The van der Waals surface area contributed by atoms with Gasteiger partial charge in [0.15, 0.2) is 11.5 Å². The molecule has 0 spiro atoms. The van der Waals surface area contributed by atoms with E-state index in [1.807, 2.05) is 0 Å². The molecule has 0 aliphatic heterocycles. The van der Waals surface area contributed by atoms with Gasteiger partial charge >= 0.3 is 0 Å². The summed E-state index contributed by atoms with van der Waals surface area (Å²) in [5.74, 6) is -0.312. The van der Waals surface area contributed by atoms with Crippen LogP contribution >= 0.6 is 11.6 Å². The first kappa shape index (κ1) is 17.6. The Balaban J connectivity index is 2.29. The molecule has 126 valence electrons. The highest BCUT2D eigenvalue weighted by atomic mass is 35.5. The highest BCUT2D eigenvalue weighted by Crippen LogP contribution is 2.33. The van der Waals surface area contributed by atoms with Gasteiger partial charge < -0.3 is 20.5 Å². The molecule has 0 aromatic heterocycles. The summed E-state index contributed by atoms with van der Waals surface area (Å²) in [6.45, 7) is 0. The lowest BCUT2D eigenvalue weighted by Gasteiger charge is -2.14. The first-order valence-corrected chi connectivity index (χ1v) is 7.43. The Bertz CT molecular complexity index is 777. The molecule has 0 unspecified atom stereocenters. The third-order valence-corrected chi connectivity index (χ3v) is 3.74. The number of nitrogens with one attached hydrogen (secondary N) is 1. The van der Waals surface area contributed by atoms with Crippen molar-refractivity contribution in [3.8, 4) is 11.5 Å². The van der Waals surface area contributed by atoms with E-state index in [1.165, 1.54) is 26.4 Å². The zero-order valence-electron chi connectivity index (χ0n) is 13.3. The molecule has 0 fully saturated rings. The largest absolute Gasteiger partial charge is 0.493 e. The minimum absolute atomic E-state index is 0.0617. The second-order valence-electron chi connectivity index (χ2n) is 4.93. The number of anilines is 1. The Morgan fingerprint density at radius 3 is 2.33 bits per heavy atom. The number of benzene rings is 2. The van der Waals surface area contributed by atoms with Crippen LogP contribution in [-0.4, -0.2) is 26.0 Å². The summed E-state index contributed by atoms with van der Waals surface area (Å²) in [6, 6.07) is 9.94. The maximum Gasteiger partial charge on any atom is 0.250 e. The van der Waals surface area contributed by atoms with Crippen molar-refractivity contribution in [2.24, 2.45) is 5.73 Å². The number of hydrogen-bond donors (Lipinski definition) is 2. The molecule has 2 amide bonds. The summed E-state index contributed by atoms with van der Waals surface area (Å²) in [7, 11) is 2.90. The van der Waals surface area contributed by atoms with Crippen molar-refractivity contribution < 1.29 is 19.1 Å². The Kier molecular flexibility index (Phi) is 5.65. The predicted molar refractivity (Wildman–Crippen MR) is 91.8 cm³/mol. The minimum atomic E-state index is -0.691. The van der Waals surface area contributed by atoms with Gasteiger partial charge in [0.05, 0.1) is 31.9 Å². The molecular weight excluding hydrogens is 332 g/mol. The van der Waals surface area contributed by atoms with Crippen molar-refractivity contribution in [3.63, 3.8) is 0 Å². The van der Waals surface area contributed by atoms with Crippen LogP contribution < -0.4 is 20.5 Å². The number of ether oxygens (including phenoxy) is 2. The van der Waals surface area contributed by atoms with Gasteiger partial charge in [-0.15, -0.1) is 0 Å². The fourth-order valence-electron chi connectivity index (χ4n) is 2.20. The Morgan fingerprint density at radius 1 is 1.12 bits per heavy atom. The number of rotatable bonds is 6. The van der Waals surface area contributed by atoms with Gasteiger partial charge in [-0.3, -0.25) is 9.59 Å². The molecule has 0 saturated heterocycles. The smallest absolute Gasteiger partial charge is 0.250 e. The standard InChI is InChI=1S/C17H17ClN2O4/c1-23-14-8-11(17(19)22)13(9-15(14)24-2)20-16(21)7-10-5-3-4-6-12(10)18/h3-6,8-9H,7H2,1-2H3,(H2,19,22)(H,20,21). The van der Waals surface area contributed by atoms with Crippen LogP contribution in [0.5, 0.6) is 11.5 Å². The van der Waals surface area contributed by atoms with E-state index in [0.717, 1.165) is 0 Å². The summed E-state index contributed by atoms with van der Waals surface area (Å²) in [6.07, 6.45) is 0.0617. The third kappa shape index (κ3) is 3.97. The average Bonchev–Trinajstić information content (AvgIpc) is 2.56. The molecule has 6 nitrogen and oxygen atoms in total. The number of methoxy groups -OCH3 is 2. The van der Waals surface area contributed by atoms with Crippen LogP contribution in [0.2, 0.25) is 5.02 Å². The molecule has 0 saturated carbocycles. The van der Waals surface area contributed by atoms with E-state index in [2.05, 4.69) is 5.32 Å². The van der Waals surface area contributed by atoms with E-state index in [9.17, 15) is 9.59 Å². The first-order valence-electron chi connectivity index (χ1n) is 7.05. The molecule has 0 heterocycles. The van der Waals surface area contributed by atoms with Gasteiger partial charge in [-0.1, -0.05) is 29.8 Å². The molecule has 2 aromatic carbocycles. The second kappa shape index (κ2) is 7.70. The molecule has 3 N–H and O–H groups in total. The van der Waals surface area contributed by atoms with Gasteiger partial charge in [0.1, 0.15) is 0 Å². The van der Waals surface area contributed by atoms with Gasteiger partial charge in [0.25, 0.3) is 5.91 Å². The molecule has 0 atom stereocenters. The van der Waals surface area contributed by atoms with Gasteiger partial charge in [-0.05, 0) is 17.7 Å². The van der Waals surface area contributed by atoms with Crippen LogP contribution in [0.1, 0.15) is 15.9 Å². The van der Waals surface area contributed by atoms with Gasteiger partial charge in [-0.25, -0.2) is 0 Å². The van der Waals surface area contributed by atoms with E-state index in [0.29, 0.717) is 22.1 Å². The van der Waals surface area contributed by atoms with Crippen molar-refractivity contribution in [1.29, 1.82) is 0 Å². The van der Waals surface area contributed by atoms with E-state index in [4.69, 9.17) is 26.8 Å². The molecule has 7 heteroatoms. The van der Waals surface area contributed by atoms with Crippen LogP contribution in [0.25, 0.3) is 0 Å². The van der Waals surface area contributed by atoms with Gasteiger partial charge in [0.2, 0.25) is 5.91 Å². The molecule has 24 heavy (non-hydrogen) atoms. The lowest BCUT2D eigenvalue weighted by atomic mass is 10.1. The molecule has 0 radical (unpaired) electrons. The Labute approximate surface area is 144 Å². The van der Waals surface area contributed by atoms with Crippen molar-refractivity contribution in [2.75, 3.05) is 19.5 Å². The molecule has 0 aliphatic carbocycles. The maximum atomic E-state index is 12.3. The van der Waals surface area contributed by atoms with Crippen LogP contribution in [-0.2, 0) is 11.2 Å². The summed E-state index contributed by atoms with van der Waals surface area (Å²) >= 11 is 6.05. The maximum absolute atomic E-state index is 12.3. The normalized spacial score (nSPS) is 10.1. The number of halogens is 1. The van der Waals surface area contributed by atoms with Gasteiger partial charge in [-0.2, -0.15) is 0 Å². The molecule has 0 bridgehead atoms. The van der Waals surface area contributed by atoms with E-state index in [1.54, 1.807) is 24.3 Å². The number of amides is 2. The fourth-order valence-corrected chi connectivity index (χ4v) is 2.40. The quantitative estimate of drug-likeness (QED) is 0.839. The van der Waals surface area contributed by atoms with E-state index < -0.39 is 5.91 Å². The van der Waals surface area contributed by atoms with E-state index in [-0.39, 0.29) is 23.6 Å². The zero-order chi connectivity index (χ0) is 17.7. The Morgan fingerprint density at radius 2 is 1.75 bits per heavy atom. The summed E-state index contributed by atoms with van der Waals surface area (Å²) in [5, 5.41) is 3.16. The summed E-state index contributed by atoms with van der Waals surface area (Å²) in [4.78, 5) is 23.9. The van der Waals surface area contributed by atoms with Crippen LogP contribution in [0.4, 0.5) is 5.69 Å². The fraction of sp³-hybridized carbons (Fsp3) is 0.176. The van der Waals surface area contributed by atoms with Gasteiger partial charge in [0, 0.05) is 11.1 Å². The summed E-state index contributed by atoms with van der Waals surface area (Å²) in [5.41, 5.74) is 6.43. The zero-order valence-corrected chi connectivity index (χ0v) is 14.0. The number of primary amides is 1. The number of hydrogen-bond acceptors (Lipinski definition) is 4. The molecular formula is C17H17ClN2O4. The predicted octanol–water partition coefficient (Wildman–Crippen LogP) is 2.64. The monoisotopic (exact) mass is 348 g/mol. The number of nitrogens with two attached hydrogens (primary N) is 1. The highest BCUT2D eigenvalue weighted by molar-refractivity contribution is 6.31. The van der Waals surface area contributed by atoms with Crippen molar-refractivity contribution in [1.82, 2.24) is 0 Å². The third-order valence-electron chi connectivity index (χ3n) is 3.37. The number of carbonyl (C=O) groups is 2. The van der Waals surface area contributed by atoms with Crippen LogP contribution in [0, 0.1) is 0 Å². The first-order chi connectivity index (χ1) is 11.5. The molecule has 2 rings (SSSR count). The topological polar surface area (TPSA) is 90.6 Å². The van der Waals surface area contributed by atoms with E-state index >= 15 is 0 Å². The van der Waals surface area contributed by atoms with Crippen molar-refractivity contribution >= 4 is 29.1 Å². The summed E-state index contributed by atoms with van der Waals surface area (Å²) < 4.78 is 10.3. The van der Waals surface area contributed by atoms with Crippen molar-refractivity contribution in [3.05, 3.63) is 52.5 Å². The molecule has 0 aliphatic rings. The van der Waals surface area contributed by atoms with Crippen LogP contribution in [0.3, 0.4) is 0 Å². The lowest BCUT2D eigenvalue weighted by molar-refractivity contribution is -0.115. The molecule has 2 aromatic rings. The van der Waals surface area contributed by atoms with Crippen molar-refractivity contribution in [2.45, 2.75) is 6.42 Å². The lowest BCUT2D eigenvalue weighted by Crippen LogP contribution is -2.20. The van der Waals surface area contributed by atoms with Crippen LogP contribution in [0.15, 0.2) is 36.4 Å². The SMILES string of the molecule is COc1cc(NC(=O)Cc2ccccc2Cl)c(C(N)=O)cc1OC. The minimum Gasteiger partial charge on any atom is -0.493 e. The highest BCUT2D eigenvalue weighted by Gasteiger charge is 2.17. The second-order valence-corrected chi connectivity index (χ2v) is 5.34. The number of carbonyl (C=O) groups excluding carboxylic acids is 2. The average molecular weight is 349 g/mol.